The molecule has 0 saturated heterocycles. The molecule has 2 atom stereocenters. The Bertz CT molecular complexity index is 791. The predicted octanol–water partition coefficient (Wildman–Crippen LogP) is 3.33. The molecule has 1 N–H and O–H groups in total. The molecule has 110 valence electrons. The number of amides is 1. The van der Waals surface area contributed by atoms with Crippen molar-refractivity contribution in [1.29, 1.82) is 0 Å². The number of hydrogen-bond donors (Lipinski definition) is 1. The van der Waals surface area contributed by atoms with Crippen molar-refractivity contribution in [2.75, 3.05) is 11.9 Å². The molecule has 2 aromatic carbocycles. The van der Waals surface area contributed by atoms with E-state index >= 15 is 0 Å². The molecule has 4 rings (SSSR count). The number of benzene rings is 2. The van der Waals surface area contributed by atoms with E-state index in [0.717, 1.165) is 17.5 Å². The number of anilines is 1. The molecule has 1 aromatic heterocycles. The molecule has 1 amide bonds. The lowest BCUT2D eigenvalue weighted by Gasteiger charge is -2.13. The zero-order valence-electron chi connectivity index (χ0n) is 12.4. The van der Waals surface area contributed by atoms with Gasteiger partial charge in [0, 0.05) is 13.0 Å². The highest BCUT2D eigenvalue weighted by Gasteiger charge is 2.45. The molecule has 1 aliphatic rings. The molecule has 1 heterocycles. The van der Waals surface area contributed by atoms with Gasteiger partial charge in [-0.25, -0.2) is 4.98 Å². The van der Waals surface area contributed by atoms with E-state index in [0.29, 0.717) is 11.9 Å². The number of nitrogens with zero attached hydrogens (tertiary/aromatic N) is 2. The highest BCUT2D eigenvalue weighted by Crippen LogP contribution is 2.48. The number of carbonyl (C=O) groups excluding carboxylic acids is 1. The number of H-pyrrole nitrogens is 1. The van der Waals surface area contributed by atoms with Crippen LogP contribution in [-0.4, -0.2) is 22.9 Å². The van der Waals surface area contributed by atoms with Gasteiger partial charge in [-0.1, -0.05) is 42.5 Å². The number of imidazole rings is 1. The first-order chi connectivity index (χ1) is 10.7. The molecule has 1 aliphatic carbocycles. The van der Waals surface area contributed by atoms with Crippen LogP contribution in [0.1, 0.15) is 17.9 Å². The number of fused-ring (bicyclic) bond motifs is 1. The van der Waals surface area contributed by atoms with E-state index in [4.69, 9.17) is 0 Å². The van der Waals surface area contributed by atoms with Crippen LogP contribution < -0.4 is 4.90 Å². The maximum Gasteiger partial charge on any atom is 0.232 e. The summed E-state index contributed by atoms with van der Waals surface area (Å²) in [5.41, 5.74) is 3.08. The summed E-state index contributed by atoms with van der Waals surface area (Å²) in [5.74, 6) is 1.17. The standard InChI is InChI=1S/C18H17N3O/c1-21(18-19-15-9-5-6-10-16(15)20-18)17(22)14-11-13(14)12-7-3-2-4-8-12/h2-10,13-14H,11H2,1H3,(H,19,20). The lowest BCUT2D eigenvalue weighted by atomic mass is 10.1. The Labute approximate surface area is 128 Å². The smallest absolute Gasteiger partial charge is 0.232 e. The predicted molar refractivity (Wildman–Crippen MR) is 86.8 cm³/mol. The number of aromatic nitrogens is 2. The quantitative estimate of drug-likeness (QED) is 0.804. The molecule has 0 spiro atoms. The minimum atomic E-state index is 0.0700. The topological polar surface area (TPSA) is 49.0 Å². The molecule has 4 nitrogen and oxygen atoms in total. The fourth-order valence-electron chi connectivity index (χ4n) is 2.99. The van der Waals surface area contributed by atoms with Crippen LogP contribution in [0.25, 0.3) is 11.0 Å². The second kappa shape index (κ2) is 4.98. The summed E-state index contributed by atoms with van der Waals surface area (Å²) in [4.78, 5) is 22.0. The summed E-state index contributed by atoms with van der Waals surface area (Å²) in [6.07, 6.45) is 0.924. The molecular formula is C18H17N3O. The molecule has 1 fully saturated rings. The van der Waals surface area contributed by atoms with E-state index in [9.17, 15) is 4.79 Å². The van der Waals surface area contributed by atoms with E-state index in [1.54, 1.807) is 11.9 Å². The van der Waals surface area contributed by atoms with Crippen molar-refractivity contribution in [3.8, 4) is 0 Å². The Hall–Kier alpha value is -2.62. The molecule has 2 unspecified atom stereocenters. The first-order valence-corrected chi connectivity index (χ1v) is 7.51. The van der Waals surface area contributed by atoms with E-state index in [-0.39, 0.29) is 11.8 Å². The van der Waals surface area contributed by atoms with Crippen molar-refractivity contribution in [2.45, 2.75) is 12.3 Å². The number of hydrogen-bond acceptors (Lipinski definition) is 2. The van der Waals surface area contributed by atoms with Gasteiger partial charge >= 0.3 is 0 Å². The molecule has 0 radical (unpaired) electrons. The minimum absolute atomic E-state index is 0.0700. The minimum Gasteiger partial charge on any atom is -0.324 e. The van der Waals surface area contributed by atoms with Gasteiger partial charge in [0.05, 0.1) is 11.0 Å². The molecule has 4 heteroatoms. The maximum absolute atomic E-state index is 12.6. The van der Waals surface area contributed by atoms with Gasteiger partial charge in [-0.15, -0.1) is 0 Å². The Balaban J connectivity index is 1.53. The van der Waals surface area contributed by atoms with Gasteiger partial charge < -0.3 is 4.98 Å². The highest BCUT2D eigenvalue weighted by atomic mass is 16.2. The summed E-state index contributed by atoms with van der Waals surface area (Å²) in [7, 11) is 1.79. The van der Waals surface area contributed by atoms with E-state index in [1.807, 2.05) is 42.5 Å². The highest BCUT2D eigenvalue weighted by molar-refractivity contribution is 5.96. The van der Waals surface area contributed by atoms with Gasteiger partial charge in [-0.3, -0.25) is 9.69 Å². The van der Waals surface area contributed by atoms with Crippen LogP contribution in [0.15, 0.2) is 54.6 Å². The average Bonchev–Trinajstić information content (AvgIpc) is 3.25. The number of para-hydroxylation sites is 2. The lowest BCUT2D eigenvalue weighted by molar-refractivity contribution is -0.119. The average molecular weight is 291 g/mol. The number of rotatable bonds is 3. The summed E-state index contributed by atoms with van der Waals surface area (Å²) >= 11 is 0. The molecule has 1 saturated carbocycles. The fourth-order valence-corrected chi connectivity index (χ4v) is 2.99. The normalized spacial score (nSPS) is 20.0. The van der Waals surface area contributed by atoms with Gasteiger partial charge in [0.1, 0.15) is 0 Å². The van der Waals surface area contributed by atoms with Crippen LogP contribution in [0.5, 0.6) is 0 Å². The molecule has 22 heavy (non-hydrogen) atoms. The van der Waals surface area contributed by atoms with Crippen LogP contribution in [0.3, 0.4) is 0 Å². The van der Waals surface area contributed by atoms with Crippen molar-refractivity contribution in [2.24, 2.45) is 5.92 Å². The Morgan fingerprint density at radius 2 is 1.86 bits per heavy atom. The zero-order chi connectivity index (χ0) is 15.1. The van der Waals surface area contributed by atoms with Crippen molar-refractivity contribution in [3.05, 3.63) is 60.2 Å². The summed E-state index contributed by atoms with van der Waals surface area (Å²) in [6.45, 7) is 0. The second-order valence-corrected chi connectivity index (χ2v) is 5.83. The van der Waals surface area contributed by atoms with Crippen LogP contribution in [0, 0.1) is 5.92 Å². The monoisotopic (exact) mass is 291 g/mol. The lowest BCUT2D eigenvalue weighted by Crippen LogP contribution is -2.29. The van der Waals surface area contributed by atoms with Gasteiger partial charge in [0.2, 0.25) is 11.9 Å². The molecule has 0 bridgehead atoms. The Morgan fingerprint density at radius 3 is 2.64 bits per heavy atom. The fraction of sp³-hybridized carbons (Fsp3) is 0.222. The van der Waals surface area contributed by atoms with Crippen molar-refractivity contribution < 1.29 is 4.79 Å². The molecule has 0 aliphatic heterocycles. The van der Waals surface area contributed by atoms with E-state index in [2.05, 4.69) is 22.1 Å². The van der Waals surface area contributed by atoms with Gasteiger partial charge in [0.25, 0.3) is 0 Å². The third-order valence-electron chi connectivity index (χ3n) is 4.36. The third-order valence-corrected chi connectivity index (χ3v) is 4.36. The van der Waals surface area contributed by atoms with Crippen molar-refractivity contribution in [3.63, 3.8) is 0 Å². The number of nitrogens with one attached hydrogen (secondary N) is 1. The van der Waals surface area contributed by atoms with E-state index in [1.165, 1.54) is 5.56 Å². The first kappa shape index (κ1) is 13.1. The van der Waals surface area contributed by atoms with Crippen LogP contribution >= 0.6 is 0 Å². The largest absolute Gasteiger partial charge is 0.324 e. The summed E-state index contributed by atoms with van der Waals surface area (Å²) < 4.78 is 0. The second-order valence-electron chi connectivity index (χ2n) is 5.83. The number of aromatic amines is 1. The zero-order valence-corrected chi connectivity index (χ0v) is 12.4. The SMILES string of the molecule is CN(C(=O)C1CC1c1ccccc1)c1nc2ccccc2[nH]1. The maximum atomic E-state index is 12.6. The molecule has 3 aromatic rings. The van der Waals surface area contributed by atoms with Crippen LogP contribution in [0.4, 0.5) is 5.95 Å². The van der Waals surface area contributed by atoms with Crippen LogP contribution in [-0.2, 0) is 4.79 Å². The van der Waals surface area contributed by atoms with Crippen LogP contribution in [0.2, 0.25) is 0 Å². The summed E-state index contributed by atoms with van der Waals surface area (Å²) in [6, 6.07) is 18.1. The van der Waals surface area contributed by atoms with Gasteiger partial charge in [-0.2, -0.15) is 0 Å². The van der Waals surface area contributed by atoms with Crippen molar-refractivity contribution >= 4 is 22.9 Å². The number of carbonyl (C=O) groups is 1. The van der Waals surface area contributed by atoms with Gasteiger partial charge in [-0.05, 0) is 30.0 Å². The third kappa shape index (κ3) is 2.17. The van der Waals surface area contributed by atoms with E-state index < -0.39 is 0 Å². The molecular weight excluding hydrogens is 274 g/mol. The Morgan fingerprint density at radius 1 is 1.14 bits per heavy atom. The van der Waals surface area contributed by atoms with Gasteiger partial charge in [0.15, 0.2) is 0 Å². The Kier molecular flexibility index (Phi) is 2.96. The van der Waals surface area contributed by atoms with Crippen molar-refractivity contribution in [1.82, 2.24) is 9.97 Å². The summed E-state index contributed by atoms with van der Waals surface area (Å²) in [5, 5.41) is 0. The first-order valence-electron chi connectivity index (χ1n) is 7.51.